The molecule has 5 nitrogen and oxygen atoms in total. The van der Waals surface area contributed by atoms with Gasteiger partial charge in [0, 0.05) is 0 Å². The summed E-state index contributed by atoms with van der Waals surface area (Å²) in [5.41, 5.74) is -1.54. The molecule has 2 aromatic rings. The second kappa shape index (κ2) is 16.0. The number of hydrogen-bond acceptors (Lipinski definition) is 4. The third kappa shape index (κ3) is 10.3. The molecule has 0 heterocycles. The van der Waals surface area contributed by atoms with Crippen molar-refractivity contribution in [1.82, 2.24) is 0 Å². The van der Waals surface area contributed by atoms with Crippen LogP contribution in [0, 0.1) is 0 Å². The van der Waals surface area contributed by atoms with Crippen LogP contribution in [-0.2, 0) is 10.4 Å². The Morgan fingerprint density at radius 2 is 1.28 bits per heavy atom. The van der Waals surface area contributed by atoms with Crippen LogP contribution < -0.4 is 5.11 Å². The number of benzene rings is 2. The van der Waals surface area contributed by atoms with Crippen molar-refractivity contribution in [3.05, 3.63) is 71.8 Å². The van der Waals surface area contributed by atoms with Crippen LogP contribution in [-0.4, -0.2) is 54.5 Å². The lowest BCUT2D eigenvalue weighted by molar-refractivity contribution is -0.890. The van der Waals surface area contributed by atoms with E-state index in [1.165, 1.54) is 45.1 Å². The lowest BCUT2D eigenvalue weighted by Gasteiger charge is -2.30. The average molecular weight is 511 g/mol. The first-order chi connectivity index (χ1) is 14.8. The van der Waals surface area contributed by atoms with E-state index >= 15 is 0 Å². The predicted octanol–water partition coefficient (Wildman–Crippen LogP) is 3.67. The van der Waals surface area contributed by atoms with Gasteiger partial charge in [-0.15, -0.1) is 17.0 Å². The summed E-state index contributed by atoms with van der Waals surface area (Å²) in [5, 5.41) is 30.5. The molecular formula is C26H40BrNO4. The normalized spacial score (nSPS) is 11.2. The van der Waals surface area contributed by atoms with E-state index in [1.807, 2.05) is 0 Å². The van der Waals surface area contributed by atoms with Crippen molar-refractivity contribution in [1.29, 1.82) is 0 Å². The number of carboxylic acids is 1. The summed E-state index contributed by atoms with van der Waals surface area (Å²) in [6.45, 7) is 4.64. The quantitative estimate of drug-likeness (QED) is 0.337. The largest absolute Gasteiger partial charge is 0.546 e. The molecule has 0 amide bonds. The number of halogens is 1. The number of carbonyl (C=O) groups excluding carboxylic acids is 1. The van der Waals surface area contributed by atoms with E-state index in [4.69, 9.17) is 5.11 Å². The zero-order valence-corrected chi connectivity index (χ0v) is 21.4. The number of carboxylic acid groups (broad SMARTS) is 1. The standard InChI is InChI=1S/C14H12O3.C12H28NO.BrH/c15-13(16)14(17,11-7-3-1-4-8-11)12-9-5-2-6-10-12;1-4-5-6-7-8-9-10-13(2,3)11-12-14;/h1-10,17H,(H,15,16);14H,4-12H2,1-3H3;1H/q;+1;/p-1. The van der Waals surface area contributed by atoms with Gasteiger partial charge in [0.15, 0.2) is 5.60 Å². The predicted molar refractivity (Wildman–Crippen MR) is 134 cm³/mol. The minimum absolute atomic E-state index is 0. The topological polar surface area (TPSA) is 80.6 Å². The van der Waals surface area contributed by atoms with Crippen LogP contribution in [0.4, 0.5) is 0 Å². The summed E-state index contributed by atoms with van der Waals surface area (Å²) >= 11 is 0. The summed E-state index contributed by atoms with van der Waals surface area (Å²) in [6.07, 6.45) is 8.14. The fourth-order valence-electron chi connectivity index (χ4n) is 3.46. The maximum absolute atomic E-state index is 11.3. The second-order valence-electron chi connectivity index (χ2n) is 8.60. The maximum atomic E-state index is 11.3. The SMILES string of the molecule is Br.CCCCCCCC[N+](C)(C)CCO.O=C([O-])C(O)(c1ccccc1)c1ccccc1. The highest BCUT2D eigenvalue weighted by molar-refractivity contribution is 8.93. The van der Waals surface area contributed by atoms with Gasteiger partial charge in [0.05, 0.1) is 33.2 Å². The third-order valence-electron chi connectivity index (χ3n) is 5.50. The number of carbonyl (C=O) groups is 1. The molecule has 0 spiro atoms. The van der Waals surface area contributed by atoms with Crippen LogP contribution in [0.5, 0.6) is 0 Å². The molecule has 6 heteroatoms. The van der Waals surface area contributed by atoms with Crippen LogP contribution in [0.25, 0.3) is 0 Å². The number of aliphatic hydroxyl groups is 2. The Morgan fingerprint density at radius 1 is 0.844 bits per heavy atom. The number of likely N-dealkylation sites (N-methyl/N-ethyl adjacent to an activating group) is 1. The summed E-state index contributed by atoms with van der Waals surface area (Å²) in [5.74, 6) is -1.53. The molecule has 0 aromatic heterocycles. The summed E-state index contributed by atoms with van der Waals surface area (Å²) < 4.78 is 0.963. The van der Waals surface area contributed by atoms with Gasteiger partial charge in [-0.05, 0) is 24.0 Å². The molecule has 32 heavy (non-hydrogen) atoms. The van der Waals surface area contributed by atoms with Gasteiger partial charge in [0.1, 0.15) is 6.54 Å². The number of hydrogen-bond donors (Lipinski definition) is 2. The van der Waals surface area contributed by atoms with Gasteiger partial charge < -0.3 is 24.6 Å². The summed E-state index contributed by atoms with van der Waals surface area (Å²) in [6, 6.07) is 16.4. The lowest BCUT2D eigenvalue weighted by Crippen LogP contribution is -2.46. The van der Waals surface area contributed by atoms with Crippen molar-refractivity contribution >= 4 is 23.0 Å². The first-order valence-electron chi connectivity index (χ1n) is 11.3. The third-order valence-corrected chi connectivity index (χ3v) is 5.50. The van der Waals surface area contributed by atoms with E-state index in [2.05, 4.69) is 21.0 Å². The zero-order valence-electron chi connectivity index (χ0n) is 19.7. The van der Waals surface area contributed by atoms with Crippen LogP contribution in [0.2, 0.25) is 0 Å². The van der Waals surface area contributed by atoms with E-state index in [0.717, 1.165) is 11.0 Å². The van der Waals surface area contributed by atoms with E-state index in [9.17, 15) is 15.0 Å². The minimum Gasteiger partial charge on any atom is -0.546 e. The molecule has 0 bridgehead atoms. The van der Waals surface area contributed by atoms with E-state index in [1.54, 1.807) is 60.7 Å². The molecule has 0 aliphatic carbocycles. The Hall–Kier alpha value is -1.73. The van der Waals surface area contributed by atoms with E-state index in [0.29, 0.717) is 6.61 Å². The Balaban J connectivity index is 0.000000596. The number of rotatable bonds is 12. The molecule has 0 unspecified atom stereocenters. The van der Waals surface area contributed by atoms with Crippen molar-refractivity contribution in [2.75, 3.05) is 33.8 Å². The molecule has 180 valence electrons. The summed E-state index contributed by atoms with van der Waals surface area (Å²) in [4.78, 5) is 11.3. The second-order valence-corrected chi connectivity index (χ2v) is 8.60. The van der Waals surface area contributed by atoms with Crippen LogP contribution in [0.1, 0.15) is 56.6 Å². The Labute approximate surface area is 204 Å². The van der Waals surface area contributed by atoms with Gasteiger partial charge in [0.2, 0.25) is 0 Å². The van der Waals surface area contributed by atoms with Crippen molar-refractivity contribution < 1.29 is 24.6 Å². The lowest BCUT2D eigenvalue weighted by atomic mass is 9.86. The molecule has 0 saturated carbocycles. The van der Waals surface area contributed by atoms with Crippen molar-refractivity contribution in [3.8, 4) is 0 Å². The number of quaternary nitrogens is 1. The van der Waals surface area contributed by atoms with Gasteiger partial charge in [-0.1, -0.05) is 93.3 Å². The van der Waals surface area contributed by atoms with Crippen molar-refractivity contribution in [3.63, 3.8) is 0 Å². The molecule has 0 atom stereocenters. The van der Waals surface area contributed by atoms with Crippen LogP contribution in [0.15, 0.2) is 60.7 Å². The molecule has 0 aliphatic heterocycles. The molecule has 0 aliphatic rings. The van der Waals surface area contributed by atoms with Gasteiger partial charge >= 0.3 is 0 Å². The van der Waals surface area contributed by atoms with E-state index in [-0.39, 0.29) is 28.1 Å². The molecule has 0 radical (unpaired) electrons. The maximum Gasteiger partial charge on any atom is 0.154 e. The first kappa shape index (κ1) is 30.3. The van der Waals surface area contributed by atoms with Crippen molar-refractivity contribution in [2.24, 2.45) is 0 Å². The molecule has 2 N–H and O–H groups in total. The number of aliphatic carboxylic acids is 1. The highest BCUT2D eigenvalue weighted by Crippen LogP contribution is 2.28. The highest BCUT2D eigenvalue weighted by atomic mass is 79.9. The fraction of sp³-hybridized carbons (Fsp3) is 0.500. The van der Waals surface area contributed by atoms with Gasteiger partial charge in [-0.3, -0.25) is 0 Å². The molecule has 2 aromatic carbocycles. The Kier molecular flexibility index (Phi) is 15.1. The number of nitrogens with zero attached hydrogens (tertiary/aromatic N) is 1. The Bertz CT molecular complexity index is 699. The average Bonchev–Trinajstić information content (AvgIpc) is 2.77. The molecule has 2 rings (SSSR count). The molecule has 0 saturated heterocycles. The van der Waals surface area contributed by atoms with Gasteiger partial charge in [-0.25, -0.2) is 0 Å². The van der Waals surface area contributed by atoms with Crippen LogP contribution in [0.3, 0.4) is 0 Å². The van der Waals surface area contributed by atoms with E-state index < -0.39 is 11.6 Å². The number of unbranched alkanes of at least 4 members (excludes halogenated alkanes) is 5. The first-order valence-corrected chi connectivity index (χ1v) is 11.3. The Morgan fingerprint density at radius 3 is 1.69 bits per heavy atom. The zero-order chi connectivity index (χ0) is 23.2. The van der Waals surface area contributed by atoms with Gasteiger partial charge in [-0.2, -0.15) is 0 Å². The smallest absolute Gasteiger partial charge is 0.154 e. The summed E-state index contributed by atoms with van der Waals surface area (Å²) in [7, 11) is 4.39. The highest BCUT2D eigenvalue weighted by Gasteiger charge is 2.32. The molecular weight excluding hydrogens is 470 g/mol. The molecule has 0 fully saturated rings. The monoisotopic (exact) mass is 509 g/mol. The van der Waals surface area contributed by atoms with Crippen LogP contribution >= 0.6 is 17.0 Å². The minimum atomic E-state index is -2.11. The van der Waals surface area contributed by atoms with Gasteiger partial charge in [0.25, 0.3) is 0 Å². The number of aliphatic hydroxyl groups excluding tert-OH is 1. The van der Waals surface area contributed by atoms with Crippen molar-refractivity contribution in [2.45, 2.75) is 51.0 Å². The fourth-order valence-corrected chi connectivity index (χ4v) is 3.46.